The van der Waals surface area contributed by atoms with Crippen LogP contribution in [-0.2, 0) is 14.3 Å². The normalized spacial score (nSPS) is 10.9. The molecule has 0 aliphatic heterocycles. The summed E-state index contributed by atoms with van der Waals surface area (Å²) in [6.07, 6.45) is 5.47. The fourth-order valence-electron chi connectivity index (χ4n) is 1.79. The van der Waals surface area contributed by atoms with Crippen molar-refractivity contribution in [3.8, 4) is 0 Å². The fourth-order valence-corrected chi connectivity index (χ4v) is 1.79. The maximum atomic E-state index is 10.2. The molecule has 0 aliphatic carbocycles. The van der Waals surface area contributed by atoms with E-state index in [-0.39, 0.29) is 13.2 Å². The summed E-state index contributed by atoms with van der Waals surface area (Å²) in [6.45, 7) is 30.4. The zero-order chi connectivity index (χ0) is 21.4. The molecule has 0 saturated heterocycles. The average molecular weight is 373 g/mol. The second-order valence-electron chi connectivity index (χ2n) is 6.37. The molecular weight excluding hydrogens is 336 g/mol. The van der Waals surface area contributed by atoms with Crippen LogP contribution in [0.3, 0.4) is 0 Å². The van der Waals surface area contributed by atoms with Gasteiger partial charge in [0.05, 0.1) is 0 Å². The molecule has 0 aromatic heterocycles. The lowest BCUT2D eigenvalue weighted by atomic mass is 9.95. The van der Waals surface area contributed by atoms with E-state index in [1.54, 1.807) is 0 Å². The van der Waals surface area contributed by atoms with E-state index in [1.807, 2.05) is 39.8 Å². The van der Waals surface area contributed by atoms with Gasteiger partial charge in [0.15, 0.2) is 0 Å². The minimum atomic E-state index is 0.182. The SMILES string of the molecule is C=C(C)/C=C(/CC)C(=C)C(=C)/C(=C\C(=C)CC)OCCOC=O.C=C(C)C. The van der Waals surface area contributed by atoms with E-state index in [4.69, 9.17) is 4.74 Å². The van der Waals surface area contributed by atoms with Gasteiger partial charge in [0.1, 0.15) is 19.0 Å². The molecule has 0 spiro atoms. The molecule has 0 N–H and O–H groups in total. The lowest BCUT2D eigenvalue weighted by molar-refractivity contribution is -0.129. The quantitative estimate of drug-likeness (QED) is 0.127. The van der Waals surface area contributed by atoms with Crippen molar-refractivity contribution >= 4 is 6.47 Å². The minimum Gasteiger partial charge on any atom is -0.489 e. The molecule has 0 aromatic carbocycles. The highest BCUT2D eigenvalue weighted by Gasteiger charge is 2.12. The van der Waals surface area contributed by atoms with Crippen molar-refractivity contribution in [3.63, 3.8) is 0 Å². The second-order valence-corrected chi connectivity index (χ2v) is 6.37. The van der Waals surface area contributed by atoms with Gasteiger partial charge in [-0.15, -0.1) is 6.58 Å². The third kappa shape index (κ3) is 14.3. The number of rotatable bonds is 12. The Balaban J connectivity index is 0. The summed E-state index contributed by atoms with van der Waals surface area (Å²) in [6, 6.07) is 0. The number of carbonyl (C=O) groups is 1. The Hall–Kier alpha value is -2.55. The smallest absolute Gasteiger partial charge is 0.293 e. The Morgan fingerprint density at radius 2 is 1.41 bits per heavy atom. The summed E-state index contributed by atoms with van der Waals surface area (Å²) in [5, 5.41) is 0. The molecule has 0 heterocycles. The molecule has 0 rings (SSSR count). The predicted octanol–water partition coefficient (Wildman–Crippen LogP) is 6.63. The van der Waals surface area contributed by atoms with E-state index < -0.39 is 0 Å². The highest BCUT2D eigenvalue weighted by molar-refractivity contribution is 5.53. The maximum absolute atomic E-state index is 10.2. The van der Waals surface area contributed by atoms with Gasteiger partial charge in [-0.2, -0.15) is 0 Å². The van der Waals surface area contributed by atoms with Gasteiger partial charge in [0, 0.05) is 5.57 Å². The van der Waals surface area contributed by atoms with Gasteiger partial charge >= 0.3 is 0 Å². The number of ether oxygens (including phenoxy) is 2. The Morgan fingerprint density at radius 1 is 0.852 bits per heavy atom. The number of carbonyl (C=O) groups excluding carboxylic acids is 1. The van der Waals surface area contributed by atoms with Crippen molar-refractivity contribution in [1.82, 2.24) is 0 Å². The second kappa shape index (κ2) is 15.7. The summed E-state index contributed by atoms with van der Waals surface area (Å²) < 4.78 is 10.4. The van der Waals surface area contributed by atoms with Crippen LogP contribution in [0, 0.1) is 0 Å². The van der Waals surface area contributed by atoms with Crippen molar-refractivity contribution in [2.75, 3.05) is 13.2 Å². The van der Waals surface area contributed by atoms with Crippen LogP contribution < -0.4 is 0 Å². The molecule has 0 aromatic rings. The van der Waals surface area contributed by atoms with Gasteiger partial charge in [-0.25, -0.2) is 0 Å². The molecule has 0 unspecified atom stereocenters. The van der Waals surface area contributed by atoms with Crippen molar-refractivity contribution in [1.29, 1.82) is 0 Å². The maximum Gasteiger partial charge on any atom is 0.293 e. The first kappa shape index (κ1) is 26.7. The first-order valence-corrected chi connectivity index (χ1v) is 9.05. The largest absolute Gasteiger partial charge is 0.489 e. The van der Waals surface area contributed by atoms with Crippen LogP contribution in [0.5, 0.6) is 0 Å². The molecule has 0 radical (unpaired) electrons. The Bertz CT molecular complexity index is 612. The molecule has 3 nitrogen and oxygen atoms in total. The van der Waals surface area contributed by atoms with Crippen LogP contribution in [0.2, 0.25) is 0 Å². The summed E-state index contributed by atoms with van der Waals surface area (Å²) in [4.78, 5) is 10.2. The van der Waals surface area contributed by atoms with Gasteiger partial charge in [0.25, 0.3) is 6.47 Å². The molecule has 27 heavy (non-hydrogen) atoms. The first-order chi connectivity index (χ1) is 12.6. The van der Waals surface area contributed by atoms with E-state index in [9.17, 15) is 4.79 Å². The first-order valence-electron chi connectivity index (χ1n) is 9.05. The molecule has 3 heteroatoms. The average Bonchev–Trinajstić information content (AvgIpc) is 2.60. The van der Waals surface area contributed by atoms with E-state index in [1.165, 1.54) is 5.57 Å². The molecular formula is C24H36O3. The summed E-state index contributed by atoms with van der Waals surface area (Å²) >= 11 is 0. The van der Waals surface area contributed by atoms with Crippen molar-refractivity contribution in [2.24, 2.45) is 0 Å². The number of allylic oxidation sites excluding steroid dienone is 7. The van der Waals surface area contributed by atoms with Gasteiger partial charge in [-0.3, -0.25) is 4.79 Å². The summed E-state index contributed by atoms with van der Waals surface area (Å²) in [5.74, 6) is 0.595. The molecule has 0 bridgehead atoms. The topological polar surface area (TPSA) is 35.5 Å². The highest BCUT2D eigenvalue weighted by atomic mass is 16.5. The van der Waals surface area contributed by atoms with Crippen LogP contribution in [0.25, 0.3) is 0 Å². The van der Waals surface area contributed by atoms with E-state index >= 15 is 0 Å². The van der Waals surface area contributed by atoms with E-state index in [0.29, 0.717) is 17.8 Å². The van der Waals surface area contributed by atoms with Crippen LogP contribution >= 0.6 is 0 Å². The van der Waals surface area contributed by atoms with Crippen molar-refractivity contribution < 1.29 is 14.3 Å². The predicted molar refractivity (Wildman–Crippen MR) is 117 cm³/mol. The van der Waals surface area contributed by atoms with Crippen LogP contribution in [0.1, 0.15) is 47.5 Å². The molecule has 150 valence electrons. The van der Waals surface area contributed by atoms with Crippen LogP contribution in [0.15, 0.2) is 84.2 Å². The lowest BCUT2D eigenvalue weighted by Gasteiger charge is -2.17. The van der Waals surface area contributed by atoms with E-state index in [0.717, 1.165) is 35.1 Å². The zero-order valence-corrected chi connectivity index (χ0v) is 17.8. The monoisotopic (exact) mass is 372 g/mol. The minimum absolute atomic E-state index is 0.182. The van der Waals surface area contributed by atoms with Gasteiger partial charge in [0.2, 0.25) is 0 Å². The van der Waals surface area contributed by atoms with Crippen molar-refractivity contribution in [3.05, 3.63) is 84.2 Å². The Labute approximate surface area is 166 Å². The van der Waals surface area contributed by atoms with Gasteiger partial charge < -0.3 is 9.47 Å². The number of hydrogen-bond donors (Lipinski definition) is 0. The van der Waals surface area contributed by atoms with Gasteiger partial charge in [-0.05, 0) is 50.8 Å². The summed E-state index contributed by atoms with van der Waals surface area (Å²) in [7, 11) is 0. The highest BCUT2D eigenvalue weighted by Crippen LogP contribution is 2.27. The molecule has 0 aliphatic rings. The lowest BCUT2D eigenvalue weighted by Crippen LogP contribution is -2.06. The van der Waals surface area contributed by atoms with Crippen LogP contribution in [-0.4, -0.2) is 19.7 Å². The number of hydrogen-bond acceptors (Lipinski definition) is 3. The molecule has 0 saturated carbocycles. The molecule has 0 atom stereocenters. The molecule has 0 amide bonds. The molecule has 0 fully saturated rings. The van der Waals surface area contributed by atoms with E-state index in [2.05, 4.69) is 44.6 Å². The Kier molecular flexibility index (Phi) is 15.5. The Morgan fingerprint density at radius 3 is 1.81 bits per heavy atom. The fraction of sp³-hybridized carbons (Fsp3) is 0.375. The standard InChI is InChI=1S/C20H28O3.C4H8/c1-8-16(5)13-20(23-11-10-22-14-21)18(7)17(6)19(9-2)12-15(3)4;1-4(2)3/h12-14H,3,5-11H2,1-2,4H3;1H2,2-3H3/b19-12-,20-13+;. The van der Waals surface area contributed by atoms with Gasteiger partial charge in [-0.1, -0.05) is 63.0 Å². The zero-order valence-electron chi connectivity index (χ0n) is 17.8. The summed E-state index contributed by atoms with van der Waals surface area (Å²) in [5.41, 5.74) is 5.61. The van der Waals surface area contributed by atoms with Crippen LogP contribution in [0.4, 0.5) is 0 Å². The third-order valence-corrected chi connectivity index (χ3v) is 3.17. The third-order valence-electron chi connectivity index (χ3n) is 3.17. The van der Waals surface area contributed by atoms with Crippen molar-refractivity contribution in [2.45, 2.75) is 47.5 Å².